The van der Waals surface area contributed by atoms with Crippen LogP contribution in [0.3, 0.4) is 0 Å². The van der Waals surface area contributed by atoms with Crippen molar-refractivity contribution < 1.29 is 9.53 Å². The van der Waals surface area contributed by atoms with E-state index in [9.17, 15) is 4.79 Å². The van der Waals surface area contributed by atoms with Gasteiger partial charge in [0.15, 0.2) is 0 Å². The van der Waals surface area contributed by atoms with E-state index in [1.165, 1.54) is 0 Å². The van der Waals surface area contributed by atoms with Crippen molar-refractivity contribution in [3.63, 3.8) is 0 Å². The zero-order chi connectivity index (χ0) is 9.68. The standard InChI is InChI=1S/C10H17NO2/c1-3-11-7-5-6-9(8-11)10(12)13-4-2/h6H,3-5,7-8H2,1-2H3. The van der Waals surface area contributed by atoms with Crippen molar-refractivity contribution >= 4 is 5.97 Å². The number of rotatable bonds is 3. The average molecular weight is 183 g/mol. The molecule has 0 N–H and O–H groups in total. The summed E-state index contributed by atoms with van der Waals surface area (Å²) < 4.78 is 4.94. The first-order valence-corrected chi connectivity index (χ1v) is 4.86. The minimum atomic E-state index is -0.152. The van der Waals surface area contributed by atoms with Crippen molar-refractivity contribution in [1.29, 1.82) is 0 Å². The molecular weight excluding hydrogens is 166 g/mol. The molecule has 0 aliphatic carbocycles. The molecule has 0 aromatic heterocycles. The number of ether oxygens (including phenoxy) is 1. The Morgan fingerprint density at radius 2 is 2.38 bits per heavy atom. The minimum absolute atomic E-state index is 0.152. The van der Waals surface area contributed by atoms with Crippen LogP contribution in [0.25, 0.3) is 0 Å². The van der Waals surface area contributed by atoms with Gasteiger partial charge in [0.25, 0.3) is 0 Å². The zero-order valence-electron chi connectivity index (χ0n) is 8.38. The van der Waals surface area contributed by atoms with Crippen molar-refractivity contribution in [2.24, 2.45) is 0 Å². The smallest absolute Gasteiger partial charge is 0.334 e. The van der Waals surface area contributed by atoms with Crippen LogP contribution >= 0.6 is 0 Å². The number of carbonyl (C=O) groups is 1. The summed E-state index contributed by atoms with van der Waals surface area (Å²) in [4.78, 5) is 13.6. The van der Waals surface area contributed by atoms with Gasteiger partial charge in [-0.05, 0) is 19.9 Å². The Balaban J connectivity index is 2.50. The molecule has 0 fully saturated rings. The molecule has 0 bridgehead atoms. The van der Waals surface area contributed by atoms with E-state index in [4.69, 9.17) is 4.74 Å². The fraction of sp³-hybridized carbons (Fsp3) is 0.700. The van der Waals surface area contributed by atoms with Crippen LogP contribution in [0.5, 0.6) is 0 Å². The highest BCUT2D eigenvalue weighted by atomic mass is 16.5. The second kappa shape index (κ2) is 5.02. The number of likely N-dealkylation sites (N-methyl/N-ethyl adjacent to an activating group) is 1. The lowest BCUT2D eigenvalue weighted by Crippen LogP contribution is -2.32. The third-order valence-corrected chi connectivity index (χ3v) is 2.21. The molecular formula is C10H17NO2. The van der Waals surface area contributed by atoms with Crippen LogP contribution in [0.4, 0.5) is 0 Å². The molecule has 1 aliphatic heterocycles. The molecule has 0 atom stereocenters. The van der Waals surface area contributed by atoms with Gasteiger partial charge in [0.1, 0.15) is 0 Å². The van der Waals surface area contributed by atoms with E-state index in [-0.39, 0.29) is 5.97 Å². The Bertz CT molecular complexity index is 211. The van der Waals surface area contributed by atoms with Crippen LogP contribution in [-0.2, 0) is 9.53 Å². The Hall–Kier alpha value is -0.830. The van der Waals surface area contributed by atoms with E-state index in [1.807, 2.05) is 13.0 Å². The zero-order valence-corrected chi connectivity index (χ0v) is 8.38. The van der Waals surface area contributed by atoms with Crippen molar-refractivity contribution in [2.45, 2.75) is 20.3 Å². The van der Waals surface area contributed by atoms with Crippen LogP contribution < -0.4 is 0 Å². The third-order valence-electron chi connectivity index (χ3n) is 2.21. The minimum Gasteiger partial charge on any atom is -0.463 e. The van der Waals surface area contributed by atoms with Crippen molar-refractivity contribution in [3.05, 3.63) is 11.6 Å². The van der Waals surface area contributed by atoms with Crippen molar-refractivity contribution in [1.82, 2.24) is 4.90 Å². The van der Waals surface area contributed by atoms with Crippen LogP contribution in [0, 0.1) is 0 Å². The Morgan fingerprint density at radius 1 is 1.62 bits per heavy atom. The van der Waals surface area contributed by atoms with Crippen LogP contribution in [0.1, 0.15) is 20.3 Å². The Kier molecular flexibility index (Phi) is 3.96. The first-order valence-electron chi connectivity index (χ1n) is 4.86. The van der Waals surface area contributed by atoms with Gasteiger partial charge in [-0.3, -0.25) is 4.90 Å². The van der Waals surface area contributed by atoms with Crippen LogP contribution in [0.2, 0.25) is 0 Å². The normalized spacial score (nSPS) is 18.2. The van der Waals surface area contributed by atoms with E-state index in [0.29, 0.717) is 6.61 Å². The van der Waals surface area contributed by atoms with Gasteiger partial charge in [-0.15, -0.1) is 0 Å². The van der Waals surface area contributed by atoms with Crippen molar-refractivity contribution in [2.75, 3.05) is 26.2 Å². The van der Waals surface area contributed by atoms with Gasteiger partial charge in [-0.25, -0.2) is 4.79 Å². The molecule has 13 heavy (non-hydrogen) atoms. The van der Waals surface area contributed by atoms with Gasteiger partial charge >= 0.3 is 5.97 Å². The summed E-state index contributed by atoms with van der Waals surface area (Å²) in [5.41, 5.74) is 0.815. The monoisotopic (exact) mass is 183 g/mol. The van der Waals surface area contributed by atoms with E-state index in [2.05, 4.69) is 11.8 Å². The number of nitrogens with zero attached hydrogens (tertiary/aromatic N) is 1. The molecule has 3 nitrogen and oxygen atoms in total. The maximum atomic E-state index is 11.3. The van der Waals surface area contributed by atoms with Gasteiger partial charge in [0.2, 0.25) is 0 Å². The number of esters is 1. The second-order valence-electron chi connectivity index (χ2n) is 3.11. The quantitative estimate of drug-likeness (QED) is 0.616. The molecule has 0 spiro atoms. The summed E-state index contributed by atoms with van der Waals surface area (Å²) in [7, 11) is 0. The second-order valence-corrected chi connectivity index (χ2v) is 3.11. The molecule has 0 amide bonds. The van der Waals surface area contributed by atoms with Gasteiger partial charge in [-0.2, -0.15) is 0 Å². The predicted molar refractivity (Wildman–Crippen MR) is 51.4 cm³/mol. The summed E-state index contributed by atoms with van der Waals surface area (Å²) in [5, 5.41) is 0. The lowest BCUT2D eigenvalue weighted by Gasteiger charge is -2.24. The lowest BCUT2D eigenvalue weighted by molar-refractivity contribution is -0.138. The average Bonchev–Trinajstić information content (AvgIpc) is 2.18. The SMILES string of the molecule is CCOC(=O)C1=CCCN(CC)C1. The maximum absolute atomic E-state index is 11.3. The van der Waals surface area contributed by atoms with E-state index < -0.39 is 0 Å². The maximum Gasteiger partial charge on any atom is 0.334 e. The summed E-state index contributed by atoms with van der Waals surface area (Å²) in [6, 6.07) is 0. The summed E-state index contributed by atoms with van der Waals surface area (Å²) in [5.74, 6) is -0.152. The fourth-order valence-electron chi connectivity index (χ4n) is 1.45. The molecule has 3 heteroatoms. The molecule has 0 aromatic rings. The largest absolute Gasteiger partial charge is 0.463 e. The van der Waals surface area contributed by atoms with Gasteiger partial charge < -0.3 is 4.74 Å². The van der Waals surface area contributed by atoms with Gasteiger partial charge in [-0.1, -0.05) is 13.0 Å². The van der Waals surface area contributed by atoms with E-state index in [1.54, 1.807) is 0 Å². The Labute approximate surface area is 79.4 Å². The van der Waals surface area contributed by atoms with Gasteiger partial charge in [0.05, 0.1) is 6.61 Å². The third kappa shape index (κ3) is 2.84. The number of hydrogen-bond donors (Lipinski definition) is 0. The molecule has 0 radical (unpaired) electrons. The topological polar surface area (TPSA) is 29.5 Å². The Morgan fingerprint density at radius 3 is 3.00 bits per heavy atom. The first kappa shape index (κ1) is 10.3. The molecule has 0 saturated heterocycles. The molecule has 0 unspecified atom stereocenters. The fourth-order valence-corrected chi connectivity index (χ4v) is 1.45. The molecule has 0 aromatic carbocycles. The highest BCUT2D eigenvalue weighted by Crippen LogP contribution is 2.10. The molecule has 1 aliphatic rings. The van der Waals surface area contributed by atoms with Crippen LogP contribution in [-0.4, -0.2) is 37.1 Å². The highest BCUT2D eigenvalue weighted by Gasteiger charge is 2.17. The molecule has 0 saturated carbocycles. The van der Waals surface area contributed by atoms with Crippen molar-refractivity contribution in [3.8, 4) is 0 Å². The van der Waals surface area contributed by atoms with E-state index >= 15 is 0 Å². The summed E-state index contributed by atoms with van der Waals surface area (Å²) in [6.07, 6.45) is 2.95. The summed E-state index contributed by atoms with van der Waals surface area (Å²) >= 11 is 0. The molecule has 1 heterocycles. The van der Waals surface area contributed by atoms with E-state index in [0.717, 1.165) is 31.6 Å². The van der Waals surface area contributed by atoms with Crippen LogP contribution in [0.15, 0.2) is 11.6 Å². The summed E-state index contributed by atoms with van der Waals surface area (Å²) in [6.45, 7) is 7.20. The molecule has 74 valence electrons. The number of hydrogen-bond acceptors (Lipinski definition) is 3. The lowest BCUT2D eigenvalue weighted by atomic mass is 10.1. The first-order chi connectivity index (χ1) is 6.27. The molecule has 1 rings (SSSR count). The van der Waals surface area contributed by atoms with Gasteiger partial charge in [0, 0.05) is 18.7 Å². The predicted octanol–water partition coefficient (Wildman–Crippen LogP) is 1.20. The number of carbonyl (C=O) groups excluding carboxylic acids is 1. The highest BCUT2D eigenvalue weighted by molar-refractivity contribution is 5.89.